The molecule has 0 aromatic heterocycles. The number of nitrogens with one attached hydrogen (secondary N) is 2. The number of hydrogen-bond acceptors (Lipinski definition) is 2. The van der Waals surface area contributed by atoms with Crippen molar-refractivity contribution in [3.8, 4) is 11.1 Å². The van der Waals surface area contributed by atoms with Gasteiger partial charge in [-0.25, -0.2) is 4.39 Å². The zero-order chi connectivity index (χ0) is 17.1. The molecule has 0 aliphatic carbocycles. The third kappa shape index (κ3) is 4.72. The van der Waals surface area contributed by atoms with Crippen LogP contribution >= 0.6 is 24.0 Å². The maximum absolute atomic E-state index is 14.4. The van der Waals surface area contributed by atoms with Gasteiger partial charge in [-0.15, -0.1) is 12.4 Å². The molecule has 134 valence electrons. The van der Waals surface area contributed by atoms with Crippen molar-refractivity contribution in [3.63, 3.8) is 0 Å². The lowest BCUT2D eigenvalue weighted by atomic mass is 9.95. The first-order chi connectivity index (χ1) is 11.5. The van der Waals surface area contributed by atoms with Crippen molar-refractivity contribution in [2.24, 2.45) is 5.92 Å². The Morgan fingerprint density at radius 2 is 1.88 bits per heavy atom. The van der Waals surface area contributed by atoms with E-state index in [2.05, 4.69) is 17.6 Å². The summed E-state index contributed by atoms with van der Waals surface area (Å²) in [5, 5.41) is 6.87. The lowest BCUT2D eigenvalue weighted by Crippen LogP contribution is -2.48. The van der Waals surface area contributed by atoms with E-state index in [1.807, 2.05) is 12.1 Å². The molecule has 3 nitrogen and oxygen atoms in total. The van der Waals surface area contributed by atoms with Crippen molar-refractivity contribution in [2.75, 3.05) is 13.1 Å². The van der Waals surface area contributed by atoms with E-state index in [1.165, 1.54) is 6.07 Å². The van der Waals surface area contributed by atoms with E-state index in [9.17, 15) is 9.18 Å². The number of carbonyl (C=O) groups excluding carboxylic acids is 1. The van der Waals surface area contributed by atoms with E-state index < -0.39 is 5.82 Å². The number of hydrogen-bond donors (Lipinski definition) is 2. The number of benzene rings is 2. The number of halogens is 3. The standard InChI is InChI=1S/C19H20ClFN2O.ClH/c1-12-11-22-9-8-18(12)23-19(24)16-7-4-14(10-17(16)21)13-2-5-15(20)6-3-13;/h2-7,10,12,18,22H,8-9,11H2,1H3,(H,23,24);1H. The molecule has 1 aliphatic heterocycles. The smallest absolute Gasteiger partial charge is 0.254 e. The molecule has 0 saturated carbocycles. The number of carbonyl (C=O) groups is 1. The van der Waals surface area contributed by atoms with Crippen LogP contribution in [0, 0.1) is 11.7 Å². The van der Waals surface area contributed by atoms with Gasteiger partial charge in [0.05, 0.1) is 5.56 Å². The van der Waals surface area contributed by atoms with Crippen LogP contribution in [0.15, 0.2) is 42.5 Å². The first kappa shape index (κ1) is 19.7. The van der Waals surface area contributed by atoms with Gasteiger partial charge in [-0.05, 0) is 60.8 Å². The van der Waals surface area contributed by atoms with E-state index in [1.54, 1.807) is 24.3 Å². The maximum Gasteiger partial charge on any atom is 0.254 e. The summed E-state index contributed by atoms with van der Waals surface area (Å²) in [6, 6.07) is 11.9. The molecular weight excluding hydrogens is 362 g/mol. The van der Waals surface area contributed by atoms with Gasteiger partial charge >= 0.3 is 0 Å². The third-order valence-electron chi connectivity index (χ3n) is 4.49. The Labute approximate surface area is 158 Å². The van der Waals surface area contributed by atoms with E-state index in [0.29, 0.717) is 10.9 Å². The normalized spacial score (nSPS) is 19.8. The van der Waals surface area contributed by atoms with E-state index in [0.717, 1.165) is 30.6 Å². The van der Waals surface area contributed by atoms with Crippen molar-refractivity contribution < 1.29 is 9.18 Å². The molecule has 2 atom stereocenters. The molecule has 0 spiro atoms. The Balaban J connectivity index is 0.00000225. The molecule has 2 aromatic rings. The molecule has 1 amide bonds. The molecule has 1 aliphatic rings. The molecule has 6 heteroatoms. The quantitative estimate of drug-likeness (QED) is 0.830. The highest BCUT2D eigenvalue weighted by Gasteiger charge is 2.24. The van der Waals surface area contributed by atoms with Gasteiger partial charge in [-0.1, -0.05) is 36.7 Å². The van der Waals surface area contributed by atoms with E-state index in [4.69, 9.17) is 11.6 Å². The zero-order valence-corrected chi connectivity index (χ0v) is 15.5. The summed E-state index contributed by atoms with van der Waals surface area (Å²) in [4.78, 5) is 12.4. The van der Waals surface area contributed by atoms with Crippen molar-refractivity contribution in [2.45, 2.75) is 19.4 Å². The predicted molar refractivity (Wildman–Crippen MR) is 102 cm³/mol. The lowest BCUT2D eigenvalue weighted by molar-refractivity contribution is 0.0910. The summed E-state index contributed by atoms with van der Waals surface area (Å²) in [5.74, 6) is -0.533. The number of amides is 1. The summed E-state index contributed by atoms with van der Waals surface area (Å²) in [6.45, 7) is 3.81. The van der Waals surface area contributed by atoms with Crippen LogP contribution in [0.25, 0.3) is 11.1 Å². The summed E-state index contributed by atoms with van der Waals surface area (Å²) >= 11 is 5.87. The Morgan fingerprint density at radius 1 is 1.20 bits per heavy atom. The van der Waals surface area contributed by atoms with E-state index >= 15 is 0 Å². The molecule has 0 radical (unpaired) electrons. The largest absolute Gasteiger partial charge is 0.349 e. The molecule has 1 saturated heterocycles. The fraction of sp³-hybridized carbons (Fsp3) is 0.316. The highest BCUT2D eigenvalue weighted by atomic mass is 35.5. The van der Waals surface area contributed by atoms with Gasteiger partial charge in [0.25, 0.3) is 5.91 Å². The molecule has 3 rings (SSSR count). The monoisotopic (exact) mass is 382 g/mol. The average molecular weight is 383 g/mol. The summed E-state index contributed by atoms with van der Waals surface area (Å²) in [7, 11) is 0. The first-order valence-electron chi connectivity index (χ1n) is 8.11. The van der Waals surface area contributed by atoms with Gasteiger partial charge in [-0.3, -0.25) is 4.79 Å². The van der Waals surface area contributed by atoms with Crippen LogP contribution in [-0.2, 0) is 0 Å². The van der Waals surface area contributed by atoms with Gasteiger partial charge < -0.3 is 10.6 Å². The Morgan fingerprint density at radius 3 is 2.52 bits per heavy atom. The summed E-state index contributed by atoms with van der Waals surface area (Å²) in [6.07, 6.45) is 0.859. The van der Waals surface area contributed by atoms with Crippen molar-refractivity contribution in [1.82, 2.24) is 10.6 Å². The Bertz CT molecular complexity index is 737. The van der Waals surface area contributed by atoms with Crippen LogP contribution in [0.2, 0.25) is 5.02 Å². The second-order valence-corrected chi connectivity index (χ2v) is 6.69. The van der Waals surface area contributed by atoms with Gasteiger partial charge in [0.15, 0.2) is 0 Å². The fourth-order valence-corrected chi connectivity index (χ4v) is 3.12. The second-order valence-electron chi connectivity index (χ2n) is 6.25. The lowest BCUT2D eigenvalue weighted by Gasteiger charge is -2.30. The van der Waals surface area contributed by atoms with Crippen molar-refractivity contribution in [1.29, 1.82) is 0 Å². The van der Waals surface area contributed by atoms with Crippen LogP contribution in [0.5, 0.6) is 0 Å². The Kier molecular flexibility index (Phi) is 6.82. The minimum Gasteiger partial charge on any atom is -0.349 e. The average Bonchev–Trinajstić information content (AvgIpc) is 2.57. The highest BCUT2D eigenvalue weighted by Crippen LogP contribution is 2.24. The fourth-order valence-electron chi connectivity index (χ4n) is 3.00. The topological polar surface area (TPSA) is 41.1 Å². The van der Waals surface area contributed by atoms with E-state index in [-0.39, 0.29) is 29.9 Å². The summed E-state index contributed by atoms with van der Waals surface area (Å²) in [5.41, 5.74) is 1.66. The third-order valence-corrected chi connectivity index (χ3v) is 4.75. The van der Waals surface area contributed by atoms with Gasteiger partial charge in [0, 0.05) is 11.1 Å². The molecule has 1 fully saturated rings. The van der Waals surface area contributed by atoms with Crippen LogP contribution < -0.4 is 10.6 Å². The molecule has 2 aromatic carbocycles. The zero-order valence-electron chi connectivity index (χ0n) is 13.9. The Hall–Kier alpha value is -1.62. The molecule has 2 unspecified atom stereocenters. The van der Waals surface area contributed by atoms with Crippen molar-refractivity contribution in [3.05, 3.63) is 58.9 Å². The maximum atomic E-state index is 14.4. The first-order valence-corrected chi connectivity index (χ1v) is 8.49. The molecule has 25 heavy (non-hydrogen) atoms. The summed E-state index contributed by atoms with van der Waals surface area (Å²) < 4.78 is 14.4. The minimum absolute atomic E-state index is 0. The van der Waals surface area contributed by atoms with Gasteiger partial charge in [-0.2, -0.15) is 0 Å². The van der Waals surface area contributed by atoms with Crippen molar-refractivity contribution >= 4 is 29.9 Å². The van der Waals surface area contributed by atoms with Crippen LogP contribution in [0.1, 0.15) is 23.7 Å². The number of rotatable bonds is 3. The molecule has 0 bridgehead atoms. The van der Waals surface area contributed by atoms with Crippen LogP contribution in [-0.4, -0.2) is 25.0 Å². The molecule has 1 heterocycles. The predicted octanol–water partition coefficient (Wildman–Crippen LogP) is 4.30. The van der Waals surface area contributed by atoms with Gasteiger partial charge in [0.1, 0.15) is 5.82 Å². The second kappa shape index (κ2) is 8.65. The highest BCUT2D eigenvalue weighted by molar-refractivity contribution is 6.30. The number of piperidine rings is 1. The SMILES string of the molecule is CC1CNCCC1NC(=O)c1ccc(-c2ccc(Cl)cc2)cc1F.Cl. The minimum atomic E-state index is -0.512. The van der Waals surface area contributed by atoms with Gasteiger partial charge in [0.2, 0.25) is 0 Å². The molecular formula is C19H21Cl2FN2O. The van der Waals surface area contributed by atoms with Crippen LogP contribution in [0.4, 0.5) is 4.39 Å². The molecule has 2 N–H and O–H groups in total. The van der Waals surface area contributed by atoms with Crippen LogP contribution in [0.3, 0.4) is 0 Å².